The molecule has 1 aromatic heterocycles. The average Bonchev–Trinajstić information content (AvgIpc) is 2.87. The second kappa shape index (κ2) is 6.20. The molecule has 1 aromatic rings. The molecule has 112 valence electrons. The number of hydrogen-bond donors (Lipinski definition) is 1. The fourth-order valence-corrected chi connectivity index (χ4v) is 3.35. The van der Waals surface area contributed by atoms with E-state index in [9.17, 15) is 0 Å². The van der Waals surface area contributed by atoms with Gasteiger partial charge in [0.1, 0.15) is 6.61 Å². The van der Waals surface area contributed by atoms with Crippen LogP contribution in [-0.4, -0.2) is 42.5 Å². The molecule has 3 rings (SSSR count). The zero-order valence-corrected chi connectivity index (χ0v) is 12.1. The molecular formula is C14H23N3O3. The van der Waals surface area contributed by atoms with Crippen molar-refractivity contribution in [3.05, 3.63) is 11.7 Å². The number of piperidine rings is 1. The van der Waals surface area contributed by atoms with Crippen molar-refractivity contribution in [2.75, 3.05) is 26.8 Å². The smallest absolute Gasteiger partial charge is 0.252 e. The van der Waals surface area contributed by atoms with Crippen molar-refractivity contribution < 1.29 is 14.0 Å². The van der Waals surface area contributed by atoms with Gasteiger partial charge in [0.2, 0.25) is 0 Å². The van der Waals surface area contributed by atoms with Gasteiger partial charge >= 0.3 is 0 Å². The van der Waals surface area contributed by atoms with Crippen LogP contribution in [0, 0.1) is 5.92 Å². The number of ether oxygens (including phenoxy) is 2. The molecule has 3 heterocycles. The lowest BCUT2D eigenvalue weighted by molar-refractivity contribution is -0.113. The van der Waals surface area contributed by atoms with Crippen LogP contribution in [0.15, 0.2) is 4.52 Å². The predicted molar refractivity (Wildman–Crippen MR) is 72.2 cm³/mol. The van der Waals surface area contributed by atoms with E-state index in [1.165, 1.54) is 0 Å². The molecule has 6 nitrogen and oxygen atoms in total. The van der Waals surface area contributed by atoms with E-state index >= 15 is 0 Å². The van der Waals surface area contributed by atoms with E-state index in [0.717, 1.165) is 57.6 Å². The van der Waals surface area contributed by atoms with Crippen molar-refractivity contribution in [3.63, 3.8) is 0 Å². The summed E-state index contributed by atoms with van der Waals surface area (Å²) in [7, 11) is 1.63. The van der Waals surface area contributed by atoms with Crippen LogP contribution in [0.25, 0.3) is 0 Å². The Balaban J connectivity index is 1.59. The monoisotopic (exact) mass is 281 g/mol. The maximum absolute atomic E-state index is 6.09. The van der Waals surface area contributed by atoms with Crippen LogP contribution in [0.2, 0.25) is 0 Å². The summed E-state index contributed by atoms with van der Waals surface area (Å²) in [6.07, 6.45) is 5.31. The first kappa shape index (κ1) is 14.0. The van der Waals surface area contributed by atoms with Crippen LogP contribution < -0.4 is 5.32 Å². The highest BCUT2D eigenvalue weighted by Crippen LogP contribution is 2.37. The maximum atomic E-state index is 6.09. The second-order valence-corrected chi connectivity index (χ2v) is 5.88. The van der Waals surface area contributed by atoms with Gasteiger partial charge in [-0.2, -0.15) is 4.98 Å². The zero-order chi connectivity index (χ0) is 13.8. The van der Waals surface area contributed by atoms with Gasteiger partial charge in [-0.15, -0.1) is 0 Å². The first-order valence-corrected chi connectivity index (χ1v) is 7.45. The van der Waals surface area contributed by atoms with Gasteiger partial charge in [-0.1, -0.05) is 5.16 Å². The Kier molecular flexibility index (Phi) is 4.33. The standard InChI is InChI=1S/C14H23N3O3/c1-18-10-13-16-12(17-20-13)8-11-2-7-19-14(9-11)3-5-15-6-4-14/h11,15H,2-10H2,1H3. The molecule has 2 aliphatic rings. The molecule has 2 aliphatic heterocycles. The van der Waals surface area contributed by atoms with Crippen LogP contribution in [0.5, 0.6) is 0 Å². The Morgan fingerprint density at radius 1 is 1.40 bits per heavy atom. The van der Waals surface area contributed by atoms with E-state index < -0.39 is 0 Å². The van der Waals surface area contributed by atoms with Crippen LogP contribution in [0.4, 0.5) is 0 Å². The van der Waals surface area contributed by atoms with E-state index in [4.69, 9.17) is 14.0 Å². The predicted octanol–water partition coefficient (Wildman–Crippen LogP) is 1.31. The third kappa shape index (κ3) is 3.19. The first-order chi connectivity index (χ1) is 9.80. The summed E-state index contributed by atoms with van der Waals surface area (Å²) >= 11 is 0. The molecule has 1 unspecified atom stereocenters. The Labute approximate surface area is 119 Å². The SMILES string of the molecule is COCc1nc(CC2CCOC3(CCNCC3)C2)no1. The van der Waals surface area contributed by atoms with E-state index in [0.29, 0.717) is 18.4 Å². The number of rotatable bonds is 4. The number of aromatic nitrogens is 2. The molecule has 0 bridgehead atoms. The molecule has 1 atom stereocenters. The fourth-order valence-electron chi connectivity index (χ4n) is 3.35. The Morgan fingerprint density at radius 3 is 3.05 bits per heavy atom. The maximum Gasteiger partial charge on any atom is 0.252 e. The van der Waals surface area contributed by atoms with Crippen LogP contribution >= 0.6 is 0 Å². The Hall–Kier alpha value is -0.980. The first-order valence-electron chi connectivity index (χ1n) is 7.45. The minimum absolute atomic E-state index is 0.0905. The van der Waals surface area contributed by atoms with E-state index in [2.05, 4.69) is 15.5 Å². The van der Waals surface area contributed by atoms with Crippen molar-refractivity contribution in [1.82, 2.24) is 15.5 Å². The molecule has 0 aliphatic carbocycles. The fraction of sp³-hybridized carbons (Fsp3) is 0.857. The highest BCUT2D eigenvalue weighted by atomic mass is 16.5. The molecule has 20 heavy (non-hydrogen) atoms. The van der Waals surface area contributed by atoms with Crippen molar-refractivity contribution >= 4 is 0 Å². The number of nitrogens with one attached hydrogen (secondary N) is 1. The zero-order valence-electron chi connectivity index (χ0n) is 12.1. The largest absolute Gasteiger partial charge is 0.375 e. The van der Waals surface area contributed by atoms with E-state index in [1.54, 1.807) is 7.11 Å². The molecule has 0 saturated carbocycles. The Bertz CT molecular complexity index is 424. The molecule has 6 heteroatoms. The van der Waals surface area contributed by atoms with Gasteiger partial charge in [0.05, 0.1) is 5.60 Å². The van der Waals surface area contributed by atoms with E-state index in [1.807, 2.05) is 0 Å². The van der Waals surface area contributed by atoms with Crippen molar-refractivity contribution in [2.45, 2.75) is 44.3 Å². The third-order valence-corrected chi connectivity index (χ3v) is 4.36. The van der Waals surface area contributed by atoms with Gasteiger partial charge in [0.25, 0.3) is 5.89 Å². The van der Waals surface area contributed by atoms with Gasteiger partial charge < -0.3 is 19.3 Å². The molecule has 0 aromatic carbocycles. The number of hydrogen-bond acceptors (Lipinski definition) is 6. The van der Waals surface area contributed by atoms with Gasteiger partial charge in [-0.05, 0) is 44.7 Å². The minimum atomic E-state index is 0.0905. The summed E-state index contributed by atoms with van der Waals surface area (Å²) in [5.74, 6) is 1.95. The molecule has 2 saturated heterocycles. The molecule has 0 amide bonds. The topological polar surface area (TPSA) is 69.4 Å². The van der Waals surface area contributed by atoms with Crippen LogP contribution in [0.1, 0.15) is 37.4 Å². The summed E-state index contributed by atoms with van der Waals surface area (Å²) in [6.45, 7) is 3.36. The molecule has 1 spiro atoms. The molecule has 1 N–H and O–H groups in total. The van der Waals surface area contributed by atoms with Gasteiger partial charge in [0, 0.05) is 20.1 Å². The molecule has 2 fully saturated rings. The summed E-state index contributed by atoms with van der Waals surface area (Å²) in [5, 5.41) is 7.45. The average molecular weight is 281 g/mol. The van der Waals surface area contributed by atoms with Gasteiger partial charge in [-0.25, -0.2) is 0 Å². The summed E-state index contributed by atoms with van der Waals surface area (Å²) < 4.78 is 16.2. The van der Waals surface area contributed by atoms with Gasteiger partial charge in [-0.3, -0.25) is 0 Å². The van der Waals surface area contributed by atoms with E-state index in [-0.39, 0.29) is 5.60 Å². The van der Waals surface area contributed by atoms with Crippen LogP contribution in [-0.2, 0) is 22.5 Å². The molecular weight excluding hydrogens is 258 g/mol. The quantitative estimate of drug-likeness (QED) is 0.897. The highest BCUT2D eigenvalue weighted by Gasteiger charge is 2.38. The summed E-state index contributed by atoms with van der Waals surface area (Å²) in [6, 6.07) is 0. The third-order valence-electron chi connectivity index (χ3n) is 4.36. The van der Waals surface area contributed by atoms with Crippen molar-refractivity contribution in [2.24, 2.45) is 5.92 Å². The lowest BCUT2D eigenvalue weighted by Crippen LogP contribution is -2.48. The highest BCUT2D eigenvalue weighted by molar-refractivity contribution is 4.95. The van der Waals surface area contributed by atoms with Crippen LogP contribution in [0.3, 0.4) is 0 Å². The van der Waals surface area contributed by atoms with Gasteiger partial charge in [0.15, 0.2) is 5.82 Å². The molecule has 0 radical (unpaired) electrons. The van der Waals surface area contributed by atoms with Crippen molar-refractivity contribution in [3.8, 4) is 0 Å². The lowest BCUT2D eigenvalue weighted by atomic mass is 9.78. The number of methoxy groups -OCH3 is 1. The normalized spacial score (nSPS) is 25.9. The van der Waals surface area contributed by atoms with Crippen molar-refractivity contribution in [1.29, 1.82) is 0 Å². The minimum Gasteiger partial charge on any atom is -0.375 e. The second-order valence-electron chi connectivity index (χ2n) is 5.88. The number of nitrogens with zero attached hydrogens (tertiary/aromatic N) is 2. The lowest BCUT2D eigenvalue weighted by Gasteiger charge is -2.43. The summed E-state index contributed by atoms with van der Waals surface area (Å²) in [4.78, 5) is 4.37. The summed E-state index contributed by atoms with van der Waals surface area (Å²) in [5.41, 5.74) is 0.0905. The Morgan fingerprint density at radius 2 is 2.25 bits per heavy atom.